The molecule has 35 heavy (non-hydrogen) atoms. The van der Waals surface area contributed by atoms with Gasteiger partial charge in [0, 0.05) is 40.5 Å². The van der Waals surface area contributed by atoms with Crippen LogP contribution >= 0.6 is 0 Å². The molecule has 0 saturated heterocycles. The zero-order valence-corrected chi connectivity index (χ0v) is 18.9. The molecule has 0 saturated carbocycles. The van der Waals surface area contributed by atoms with Crippen molar-refractivity contribution in [1.29, 1.82) is 0 Å². The Hall–Kier alpha value is -4.65. The smallest absolute Gasteiger partial charge is 0.340 e. The van der Waals surface area contributed by atoms with E-state index in [9.17, 15) is 15.0 Å². The second-order valence-electron chi connectivity index (χ2n) is 8.33. The van der Waals surface area contributed by atoms with Crippen LogP contribution in [0.2, 0.25) is 0 Å². The van der Waals surface area contributed by atoms with Crippen LogP contribution in [0.1, 0.15) is 27.0 Å². The van der Waals surface area contributed by atoms with E-state index in [1.807, 2.05) is 18.2 Å². The quantitative estimate of drug-likeness (QED) is 0.392. The van der Waals surface area contributed by atoms with Crippen LogP contribution < -0.4 is 14.2 Å². The molecule has 0 fully saturated rings. The lowest BCUT2D eigenvalue weighted by molar-refractivity contribution is 0.0226. The molecule has 2 aliphatic rings. The lowest BCUT2D eigenvalue weighted by Gasteiger charge is -2.38. The van der Waals surface area contributed by atoms with Gasteiger partial charge < -0.3 is 29.2 Å². The fourth-order valence-corrected chi connectivity index (χ4v) is 5.02. The minimum absolute atomic E-state index is 0.00263. The van der Waals surface area contributed by atoms with Crippen molar-refractivity contribution < 1.29 is 34.0 Å². The summed E-state index contributed by atoms with van der Waals surface area (Å²) < 4.78 is 23.4. The Labute approximate surface area is 200 Å². The average Bonchev–Trinajstić information content (AvgIpc) is 3.15. The highest BCUT2D eigenvalue weighted by atomic mass is 16.6. The number of fused-ring (bicyclic) bond motifs is 6. The van der Waals surface area contributed by atoms with E-state index < -0.39 is 11.6 Å². The van der Waals surface area contributed by atoms with Crippen LogP contribution in [0.5, 0.6) is 34.5 Å². The van der Waals surface area contributed by atoms with Gasteiger partial charge in [-0.25, -0.2) is 4.79 Å². The number of benzene rings is 4. The van der Waals surface area contributed by atoms with Crippen LogP contribution in [0.4, 0.5) is 0 Å². The summed E-state index contributed by atoms with van der Waals surface area (Å²) in [6, 6.07) is 20.3. The molecule has 4 aromatic rings. The summed E-state index contributed by atoms with van der Waals surface area (Å²) in [7, 11) is 3.11. The highest BCUT2D eigenvalue weighted by Gasteiger charge is 2.55. The summed E-state index contributed by atoms with van der Waals surface area (Å²) in [5, 5.41) is 20.8. The molecule has 0 aromatic heterocycles. The Bertz CT molecular complexity index is 1520. The van der Waals surface area contributed by atoms with Crippen molar-refractivity contribution in [3.05, 3.63) is 95.1 Å². The van der Waals surface area contributed by atoms with E-state index in [0.717, 1.165) is 0 Å². The van der Waals surface area contributed by atoms with E-state index in [2.05, 4.69) is 0 Å². The maximum absolute atomic E-state index is 13.1. The van der Waals surface area contributed by atoms with E-state index in [1.54, 1.807) is 50.6 Å². The molecule has 1 atom stereocenters. The van der Waals surface area contributed by atoms with Crippen molar-refractivity contribution in [2.24, 2.45) is 0 Å². The van der Waals surface area contributed by atoms with Crippen molar-refractivity contribution in [1.82, 2.24) is 0 Å². The molecule has 0 radical (unpaired) electrons. The Morgan fingerprint density at radius 2 is 1.54 bits per heavy atom. The van der Waals surface area contributed by atoms with Gasteiger partial charge in [0.2, 0.25) is 0 Å². The summed E-state index contributed by atoms with van der Waals surface area (Å²) in [4.78, 5) is 13.1. The molecule has 6 rings (SSSR count). The lowest BCUT2D eigenvalue weighted by Crippen LogP contribution is -2.33. The molecule has 1 unspecified atom stereocenters. The van der Waals surface area contributed by atoms with Gasteiger partial charge in [0.25, 0.3) is 0 Å². The number of phenolic OH excluding ortho intramolecular Hbond substituents is 2. The van der Waals surface area contributed by atoms with Crippen molar-refractivity contribution >= 4 is 5.97 Å². The summed E-state index contributed by atoms with van der Waals surface area (Å²) >= 11 is 0. The van der Waals surface area contributed by atoms with Gasteiger partial charge in [-0.3, -0.25) is 0 Å². The molecule has 4 aromatic carbocycles. The summed E-state index contributed by atoms with van der Waals surface area (Å²) in [6.07, 6.45) is 0. The molecule has 0 bridgehead atoms. The van der Waals surface area contributed by atoms with Gasteiger partial charge in [-0.05, 0) is 36.4 Å². The zero-order chi connectivity index (χ0) is 24.3. The fraction of sp³-hybridized carbons (Fsp3) is 0.107. The highest BCUT2D eigenvalue weighted by molar-refractivity contribution is 5.98. The van der Waals surface area contributed by atoms with E-state index in [1.165, 1.54) is 18.2 Å². The first-order valence-corrected chi connectivity index (χ1v) is 10.9. The van der Waals surface area contributed by atoms with Crippen molar-refractivity contribution in [3.8, 4) is 45.6 Å². The molecule has 0 amide bonds. The first kappa shape index (κ1) is 20.9. The van der Waals surface area contributed by atoms with E-state index in [0.29, 0.717) is 56.4 Å². The third kappa shape index (κ3) is 2.88. The number of carbonyl (C=O) groups excluding carboxylic acids is 1. The minimum atomic E-state index is -1.38. The predicted molar refractivity (Wildman–Crippen MR) is 127 cm³/mol. The van der Waals surface area contributed by atoms with Crippen LogP contribution in [0.15, 0.2) is 72.8 Å². The summed E-state index contributed by atoms with van der Waals surface area (Å²) in [6.45, 7) is 0. The van der Waals surface area contributed by atoms with Crippen LogP contribution in [0, 0.1) is 0 Å². The van der Waals surface area contributed by atoms with Gasteiger partial charge in [0.15, 0.2) is 5.60 Å². The monoisotopic (exact) mass is 468 g/mol. The van der Waals surface area contributed by atoms with Crippen molar-refractivity contribution in [3.63, 3.8) is 0 Å². The van der Waals surface area contributed by atoms with Gasteiger partial charge in [-0.1, -0.05) is 18.2 Å². The Balaban J connectivity index is 1.74. The largest absolute Gasteiger partial charge is 0.508 e. The molecule has 174 valence electrons. The van der Waals surface area contributed by atoms with E-state index in [-0.39, 0.29) is 11.5 Å². The van der Waals surface area contributed by atoms with Crippen molar-refractivity contribution in [2.45, 2.75) is 5.60 Å². The molecule has 7 nitrogen and oxygen atoms in total. The van der Waals surface area contributed by atoms with E-state index in [4.69, 9.17) is 18.9 Å². The maximum Gasteiger partial charge on any atom is 0.340 e. The van der Waals surface area contributed by atoms with Gasteiger partial charge in [0.05, 0.1) is 25.3 Å². The number of hydrogen-bond acceptors (Lipinski definition) is 7. The molecular formula is C28H20O7. The van der Waals surface area contributed by atoms with E-state index >= 15 is 0 Å². The topological polar surface area (TPSA) is 94.5 Å². The fourth-order valence-electron chi connectivity index (χ4n) is 5.02. The first-order valence-electron chi connectivity index (χ1n) is 10.9. The molecule has 7 heteroatoms. The number of hydrogen-bond donors (Lipinski definition) is 2. The number of esters is 1. The third-order valence-corrected chi connectivity index (χ3v) is 6.47. The zero-order valence-electron chi connectivity index (χ0n) is 18.9. The van der Waals surface area contributed by atoms with Gasteiger partial charge >= 0.3 is 5.97 Å². The second kappa shape index (κ2) is 7.43. The SMILES string of the molecule is COc1ccc(-c2cc(O)cc3c2C2(OC(=O)c4ccccc42)c2ccc(O)cc2O3)c(OC)c1. The van der Waals surface area contributed by atoms with Gasteiger partial charge in [-0.15, -0.1) is 0 Å². The van der Waals surface area contributed by atoms with Crippen LogP contribution in [0.25, 0.3) is 11.1 Å². The number of carbonyl (C=O) groups is 1. The second-order valence-corrected chi connectivity index (χ2v) is 8.33. The van der Waals surface area contributed by atoms with Crippen molar-refractivity contribution in [2.75, 3.05) is 14.2 Å². The number of ether oxygens (including phenoxy) is 4. The number of phenols is 2. The average molecular weight is 468 g/mol. The minimum Gasteiger partial charge on any atom is -0.508 e. The van der Waals surface area contributed by atoms with Crippen LogP contribution in [-0.2, 0) is 10.3 Å². The Morgan fingerprint density at radius 1 is 0.743 bits per heavy atom. The molecule has 1 spiro atoms. The van der Waals surface area contributed by atoms with Gasteiger partial charge in [-0.2, -0.15) is 0 Å². The Kier molecular flexibility index (Phi) is 4.44. The molecule has 2 heterocycles. The first-order chi connectivity index (χ1) is 17.0. The van der Waals surface area contributed by atoms with Gasteiger partial charge in [0.1, 0.15) is 34.5 Å². The number of aromatic hydroxyl groups is 2. The number of rotatable bonds is 3. The van der Waals surface area contributed by atoms with Crippen LogP contribution in [-0.4, -0.2) is 30.4 Å². The molecule has 2 aliphatic heterocycles. The maximum atomic E-state index is 13.1. The summed E-state index contributed by atoms with van der Waals surface area (Å²) in [5.41, 5.74) is 1.99. The lowest BCUT2D eigenvalue weighted by atomic mass is 9.74. The molecule has 2 N–H and O–H groups in total. The molecular weight excluding hydrogens is 448 g/mol. The third-order valence-electron chi connectivity index (χ3n) is 6.47. The Morgan fingerprint density at radius 3 is 2.34 bits per heavy atom. The summed E-state index contributed by atoms with van der Waals surface area (Å²) in [5.74, 6) is 1.18. The highest BCUT2D eigenvalue weighted by Crippen LogP contribution is 2.60. The molecule has 0 aliphatic carbocycles. The van der Waals surface area contributed by atoms with Crippen LogP contribution in [0.3, 0.4) is 0 Å². The standard InChI is InChI=1S/C28H20O7/c1-32-17-8-9-18(23(14-17)33-2)20-11-16(30)13-25-26(20)28(22-10-7-15(29)12-24(22)34-25)21-6-4-3-5-19(21)27(31)35-28/h3-14,29-30H,1-2H3. The predicted octanol–water partition coefficient (Wildman–Crippen LogP) is 5.35. The normalized spacial score (nSPS) is 17.1. The number of methoxy groups -OCH3 is 2.